The molecule has 2 aromatic carbocycles. The molecular formula is C17H12Cl2N2O2S. The van der Waals surface area contributed by atoms with Crippen LogP contribution in [0, 0.1) is 0 Å². The number of rotatable bonds is 4. The van der Waals surface area contributed by atoms with E-state index in [4.69, 9.17) is 23.2 Å². The summed E-state index contributed by atoms with van der Waals surface area (Å²) in [6.07, 6.45) is 1.63. The van der Waals surface area contributed by atoms with Crippen molar-refractivity contribution >= 4 is 57.9 Å². The van der Waals surface area contributed by atoms with E-state index in [0.717, 1.165) is 16.7 Å². The van der Waals surface area contributed by atoms with Crippen molar-refractivity contribution in [1.82, 2.24) is 4.90 Å². The fourth-order valence-corrected chi connectivity index (χ4v) is 3.36. The molecule has 0 aliphatic carbocycles. The van der Waals surface area contributed by atoms with E-state index in [0.29, 0.717) is 26.2 Å². The molecule has 7 heteroatoms. The summed E-state index contributed by atoms with van der Waals surface area (Å²) in [7, 11) is 0. The maximum atomic E-state index is 12.4. The van der Waals surface area contributed by atoms with Gasteiger partial charge in [0, 0.05) is 5.02 Å². The first-order valence-corrected chi connectivity index (χ1v) is 8.62. The van der Waals surface area contributed by atoms with Crippen molar-refractivity contribution < 1.29 is 9.59 Å². The second-order valence-corrected chi connectivity index (χ2v) is 6.75. The Morgan fingerprint density at radius 3 is 2.38 bits per heavy atom. The number of amides is 2. The molecule has 2 amide bonds. The molecule has 3 rings (SSSR count). The van der Waals surface area contributed by atoms with Crippen LogP contribution in [0.15, 0.2) is 53.4 Å². The van der Waals surface area contributed by atoms with Crippen LogP contribution in [0.4, 0.5) is 10.5 Å². The monoisotopic (exact) mass is 378 g/mol. The Balaban J connectivity index is 1.75. The molecule has 0 atom stereocenters. The van der Waals surface area contributed by atoms with Crippen LogP contribution in [0.1, 0.15) is 5.56 Å². The van der Waals surface area contributed by atoms with Gasteiger partial charge in [-0.15, -0.1) is 0 Å². The number of nitrogens with zero attached hydrogens (tertiary/aromatic N) is 1. The number of carbonyl (C=O) groups excluding carboxylic acids is 2. The van der Waals surface area contributed by atoms with Crippen molar-refractivity contribution in [3.63, 3.8) is 0 Å². The third-order valence-corrected chi connectivity index (χ3v) is 4.95. The normalized spacial score (nSPS) is 16.1. The molecule has 4 nitrogen and oxygen atoms in total. The molecule has 0 spiro atoms. The Labute approximate surface area is 153 Å². The highest BCUT2D eigenvalue weighted by Gasteiger charge is 2.34. The zero-order chi connectivity index (χ0) is 17.1. The number of thioether (sulfide) groups is 1. The van der Waals surface area contributed by atoms with Gasteiger partial charge in [-0.2, -0.15) is 0 Å². The first-order valence-electron chi connectivity index (χ1n) is 7.04. The van der Waals surface area contributed by atoms with Crippen molar-refractivity contribution in [3.8, 4) is 0 Å². The Morgan fingerprint density at radius 2 is 1.67 bits per heavy atom. The van der Waals surface area contributed by atoms with Crippen LogP contribution in [0.25, 0.3) is 6.08 Å². The van der Waals surface area contributed by atoms with Crippen molar-refractivity contribution in [1.29, 1.82) is 0 Å². The van der Waals surface area contributed by atoms with Gasteiger partial charge in [0.15, 0.2) is 0 Å². The minimum atomic E-state index is -0.357. The quantitative estimate of drug-likeness (QED) is 0.751. The van der Waals surface area contributed by atoms with Crippen molar-refractivity contribution in [2.45, 2.75) is 0 Å². The molecule has 0 unspecified atom stereocenters. The molecular weight excluding hydrogens is 367 g/mol. The van der Waals surface area contributed by atoms with Crippen LogP contribution in [-0.2, 0) is 4.79 Å². The molecule has 2 aromatic rings. The van der Waals surface area contributed by atoms with Gasteiger partial charge in [0.25, 0.3) is 11.1 Å². The van der Waals surface area contributed by atoms with E-state index >= 15 is 0 Å². The Hall–Kier alpha value is -1.95. The van der Waals surface area contributed by atoms with Crippen LogP contribution in [0.3, 0.4) is 0 Å². The maximum Gasteiger partial charge on any atom is 0.295 e. The summed E-state index contributed by atoms with van der Waals surface area (Å²) in [5, 5.41) is 3.71. The lowest BCUT2D eigenvalue weighted by Crippen LogP contribution is -2.33. The van der Waals surface area contributed by atoms with E-state index < -0.39 is 0 Å². The number of hydrogen-bond donors (Lipinski definition) is 1. The van der Waals surface area contributed by atoms with Crippen LogP contribution >= 0.6 is 35.0 Å². The number of halogens is 2. The second kappa shape index (κ2) is 7.30. The molecule has 122 valence electrons. The summed E-state index contributed by atoms with van der Waals surface area (Å²) in [6, 6.07) is 14.3. The van der Waals surface area contributed by atoms with Crippen LogP contribution in [0.2, 0.25) is 10.0 Å². The summed E-state index contributed by atoms with van der Waals surface area (Å²) >= 11 is 13.0. The predicted octanol–water partition coefficient (Wildman–Crippen LogP) is 5.10. The van der Waals surface area contributed by atoms with Crippen molar-refractivity contribution in [2.75, 3.05) is 12.0 Å². The molecule has 0 bridgehead atoms. The third-order valence-electron chi connectivity index (χ3n) is 3.37. The fourth-order valence-electron chi connectivity index (χ4n) is 2.14. The second-order valence-electron chi connectivity index (χ2n) is 4.95. The lowest BCUT2D eigenvalue weighted by molar-refractivity contribution is -0.122. The first-order chi connectivity index (χ1) is 11.6. The molecule has 1 saturated heterocycles. The SMILES string of the molecule is O=C1SC(=Cc2ccccc2Cl)C(=O)N1CNc1ccccc1Cl. The largest absolute Gasteiger partial charge is 0.366 e. The minimum absolute atomic E-state index is 0.0499. The van der Waals surface area contributed by atoms with Gasteiger partial charge in [-0.05, 0) is 41.6 Å². The van der Waals surface area contributed by atoms with Gasteiger partial charge in [-0.1, -0.05) is 53.5 Å². The van der Waals surface area contributed by atoms with Gasteiger partial charge in [-0.25, -0.2) is 0 Å². The number of anilines is 1. The molecule has 1 fully saturated rings. The molecule has 1 N–H and O–H groups in total. The first kappa shape index (κ1) is 16.9. The number of hydrogen-bond acceptors (Lipinski definition) is 4. The van der Waals surface area contributed by atoms with Gasteiger partial charge in [0.05, 0.1) is 22.3 Å². The van der Waals surface area contributed by atoms with E-state index in [2.05, 4.69) is 5.32 Å². The van der Waals surface area contributed by atoms with E-state index in [-0.39, 0.29) is 17.8 Å². The van der Waals surface area contributed by atoms with Gasteiger partial charge in [0.1, 0.15) is 0 Å². The minimum Gasteiger partial charge on any atom is -0.366 e. The van der Waals surface area contributed by atoms with Gasteiger partial charge >= 0.3 is 0 Å². The lowest BCUT2D eigenvalue weighted by atomic mass is 10.2. The third kappa shape index (κ3) is 3.59. The highest BCUT2D eigenvalue weighted by Crippen LogP contribution is 2.33. The average Bonchev–Trinajstić information content (AvgIpc) is 2.83. The van der Waals surface area contributed by atoms with E-state index in [1.54, 1.807) is 42.5 Å². The smallest absolute Gasteiger partial charge is 0.295 e. The Morgan fingerprint density at radius 1 is 1.00 bits per heavy atom. The van der Waals surface area contributed by atoms with Gasteiger partial charge < -0.3 is 5.32 Å². The number of nitrogens with one attached hydrogen (secondary N) is 1. The number of carbonyl (C=O) groups is 2. The number of para-hydroxylation sites is 1. The summed E-state index contributed by atoms with van der Waals surface area (Å²) in [5.41, 5.74) is 1.36. The molecule has 24 heavy (non-hydrogen) atoms. The standard InChI is InChI=1S/C17H12Cl2N2O2S/c18-12-6-2-1-5-11(12)9-15-16(22)21(17(23)24-15)10-20-14-8-4-3-7-13(14)19/h1-9,20H,10H2. The van der Waals surface area contributed by atoms with E-state index in [1.165, 1.54) is 0 Å². The summed E-state index contributed by atoms with van der Waals surface area (Å²) in [4.78, 5) is 26.0. The molecule has 0 aromatic heterocycles. The predicted molar refractivity (Wildman–Crippen MR) is 99.2 cm³/mol. The lowest BCUT2D eigenvalue weighted by Gasteiger charge is -2.15. The Kier molecular flexibility index (Phi) is 5.14. The van der Waals surface area contributed by atoms with Crippen LogP contribution in [0.5, 0.6) is 0 Å². The molecule has 1 heterocycles. The zero-order valence-electron chi connectivity index (χ0n) is 12.3. The highest BCUT2D eigenvalue weighted by molar-refractivity contribution is 8.18. The fraction of sp³-hybridized carbons (Fsp3) is 0.0588. The molecule has 0 radical (unpaired) electrons. The molecule has 1 aliphatic rings. The summed E-state index contributed by atoms with van der Waals surface area (Å²) in [5.74, 6) is -0.357. The summed E-state index contributed by atoms with van der Waals surface area (Å²) < 4.78 is 0. The summed E-state index contributed by atoms with van der Waals surface area (Å²) in [6.45, 7) is 0.0499. The highest BCUT2D eigenvalue weighted by atomic mass is 35.5. The van der Waals surface area contributed by atoms with Crippen LogP contribution in [-0.4, -0.2) is 22.7 Å². The van der Waals surface area contributed by atoms with E-state index in [1.807, 2.05) is 12.1 Å². The van der Waals surface area contributed by atoms with Crippen molar-refractivity contribution in [2.24, 2.45) is 0 Å². The van der Waals surface area contributed by atoms with Crippen molar-refractivity contribution in [3.05, 3.63) is 69.0 Å². The number of benzene rings is 2. The maximum absolute atomic E-state index is 12.4. The molecule has 0 saturated carbocycles. The topological polar surface area (TPSA) is 49.4 Å². The molecule has 1 aliphatic heterocycles. The van der Waals surface area contributed by atoms with E-state index in [9.17, 15) is 9.59 Å². The van der Waals surface area contributed by atoms with Crippen LogP contribution < -0.4 is 5.32 Å². The van der Waals surface area contributed by atoms with Gasteiger partial charge in [-0.3, -0.25) is 14.5 Å². The number of imide groups is 1. The zero-order valence-corrected chi connectivity index (χ0v) is 14.7. The van der Waals surface area contributed by atoms with Gasteiger partial charge in [0.2, 0.25) is 0 Å². The Bertz CT molecular complexity index is 839. The average molecular weight is 379 g/mol.